The van der Waals surface area contributed by atoms with Gasteiger partial charge in [0.05, 0.1) is 31.9 Å². The largest absolute Gasteiger partial charge is 0.377 e. The molecule has 1 aromatic carbocycles. The number of fused-ring (bicyclic) bond motifs is 3. The van der Waals surface area contributed by atoms with Gasteiger partial charge in [-0.25, -0.2) is 4.98 Å². The lowest BCUT2D eigenvalue weighted by Crippen LogP contribution is -2.47. The van der Waals surface area contributed by atoms with Crippen molar-refractivity contribution in [3.05, 3.63) is 63.9 Å². The third-order valence-electron chi connectivity index (χ3n) is 8.03. The number of aromatic nitrogens is 3. The summed E-state index contributed by atoms with van der Waals surface area (Å²) in [6.45, 7) is 4.89. The Hall–Kier alpha value is -3.41. The first-order valence-electron chi connectivity index (χ1n) is 13.3. The van der Waals surface area contributed by atoms with Gasteiger partial charge in [-0.1, -0.05) is 36.4 Å². The van der Waals surface area contributed by atoms with Gasteiger partial charge in [0.25, 0.3) is 0 Å². The molecule has 2 aliphatic heterocycles. The molecule has 10 nitrogen and oxygen atoms in total. The second-order valence-electron chi connectivity index (χ2n) is 10.8. The number of Topliss-reactive ketones (excluding diaryl/α,β-unsaturated/α-hetero) is 1. The fraction of sp³-hybridized carbons (Fsp3) is 0.414. The van der Waals surface area contributed by atoms with Gasteiger partial charge in [-0.15, -0.1) is 0 Å². The number of hydrogen-bond acceptors (Lipinski definition) is 7. The molecule has 1 unspecified atom stereocenters. The summed E-state index contributed by atoms with van der Waals surface area (Å²) >= 11 is 3.39. The van der Waals surface area contributed by atoms with E-state index < -0.39 is 6.04 Å². The van der Waals surface area contributed by atoms with Crippen LogP contribution in [0.3, 0.4) is 0 Å². The predicted octanol–water partition coefficient (Wildman–Crippen LogP) is 3.81. The molecule has 4 heterocycles. The number of aryl methyl sites for hydroxylation is 1. The number of piperidine rings is 1. The minimum absolute atomic E-state index is 0.0805. The van der Waals surface area contributed by atoms with Crippen molar-refractivity contribution in [3.63, 3.8) is 0 Å². The molecule has 2 fully saturated rings. The Kier molecular flexibility index (Phi) is 7.05. The first kappa shape index (κ1) is 26.8. The van der Waals surface area contributed by atoms with Crippen LogP contribution in [0.4, 0.5) is 5.82 Å². The molecule has 1 saturated heterocycles. The molecule has 0 radical (unpaired) electrons. The third-order valence-corrected chi connectivity index (χ3v) is 8.47. The molecule has 2 aromatic heterocycles. The number of halogens is 1. The number of nitrogens with zero attached hydrogens (tertiary/aromatic N) is 4. The van der Waals surface area contributed by atoms with Crippen LogP contribution in [-0.2, 0) is 32.2 Å². The lowest BCUT2D eigenvalue weighted by Gasteiger charge is -2.27. The Labute approximate surface area is 239 Å². The summed E-state index contributed by atoms with van der Waals surface area (Å²) in [5, 5.41) is 8.20. The molecule has 2 bridgehead atoms. The van der Waals surface area contributed by atoms with Gasteiger partial charge in [-0.05, 0) is 47.3 Å². The van der Waals surface area contributed by atoms with E-state index in [1.807, 2.05) is 43.3 Å². The maximum absolute atomic E-state index is 14.0. The van der Waals surface area contributed by atoms with Crippen LogP contribution in [0.2, 0.25) is 0 Å². The normalized spacial score (nSPS) is 25.4. The number of likely N-dealkylation sites (tertiary alicyclic amines) is 1. The number of pyridine rings is 1. The summed E-state index contributed by atoms with van der Waals surface area (Å²) < 4.78 is 13.9. The topological polar surface area (TPSA) is 116 Å². The molecule has 1 saturated carbocycles. The average Bonchev–Trinajstić information content (AvgIpc) is 3.31. The summed E-state index contributed by atoms with van der Waals surface area (Å²) in [6, 6.07) is 8.50. The van der Waals surface area contributed by atoms with Crippen LogP contribution in [-0.4, -0.2) is 69.2 Å². The standard InChI is InChI=1S/C29H30BrN5O5/c1-17-6-5-7-20-25(18(2)36)33-34(26(17)20)14-24(37)35-21-12-29(13-22(29)35)16-40-11-4-3-10-39-15-19-8-9-23(30)31-27(19)32-28(21)38/h3-9,21-22H,10-16H2,1-2H3,(H,31,32,38)/b4-3+/t21-,22+,29?/m0/s1. The molecule has 3 aromatic rings. The summed E-state index contributed by atoms with van der Waals surface area (Å²) in [4.78, 5) is 46.2. The molecule has 1 spiro atoms. The number of ketones is 1. The van der Waals surface area contributed by atoms with Gasteiger partial charge in [0.15, 0.2) is 5.78 Å². The second-order valence-corrected chi connectivity index (χ2v) is 11.6. The highest BCUT2D eigenvalue weighted by molar-refractivity contribution is 9.10. The smallest absolute Gasteiger partial charge is 0.248 e. The summed E-state index contributed by atoms with van der Waals surface area (Å²) in [7, 11) is 0. The van der Waals surface area contributed by atoms with Crippen molar-refractivity contribution in [2.24, 2.45) is 5.41 Å². The van der Waals surface area contributed by atoms with Crippen LogP contribution in [0.5, 0.6) is 0 Å². The van der Waals surface area contributed by atoms with Gasteiger partial charge in [-0.3, -0.25) is 19.1 Å². The maximum atomic E-state index is 14.0. The number of para-hydroxylation sites is 1. The van der Waals surface area contributed by atoms with E-state index in [4.69, 9.17) is 9.47 Å². The Bertz CT molecular complexity index is 1550. The van der Waals surface area contributed by atoms with Gasteiger partial charge < -0.3 is 19.7 Å². The van der Waals surface area contributed by atoms with Crippen LogP contribution in [0.15, 0.2) is 47.1 Å². The van der Waals surface area contributed by atoms with E-state index in [9.17, 15) is 14.4 Å². The van der Waals surface area contributed by atoms with E-state index in [2.05, 4.69) is 31.3 Å². The lowest BCUT2D eigenvalue weighted by molar-refractivity contribution is -0.138. The maximum Gasteiger partial charge on any atom is 0.248 e. The average molecular weight is 608 g/mol. The van der Waals surface area contributed by atoms with Crippen LogP contribution in [0.1, 0.15) is 41.4 Å². The highest BCUT2D eigenvalue weighted by Gasteiger charge is 2.67. The Balaban J connectivity index is 1.33. The fourth-order valence-corrected chi connectivity index (χ4v) is 6.32. The van der Waals surface area contributed by atoms with Crippen LogP contribution >= 0.6 is 15.9 Å². The van der Waals surface area contributed by atoms with Crippen LogP contribution < -0.4 is 5.32 Å². The monoisotopic (exact) mass is 607 g/mol. The highest BCUT2D eigenvalue weighted by Crippen LogP contribution is 2.60. The van der Waals surface area contributed by atoms with Crippen molar-refractivity contribution in [2.75, 3.05) is 25.1 Å². The summed E-state index contributed by atoms with van der Waals surface area (Å²) in [5.74, 6) is -0.289. The number of anilines is 1. The van der Waals surface area contributed by atoms with Gasteiger partial charge in [0.2, 0.25) is 11.8 Å². The van der Waals surface area contributed by atoms with Crippen LogP contribution in [0.25, 0.3) is 10.9 Å². The predicted molar refractivity (Wildman–Crippen MR) is 151 cm³/mol. The van der Waals surface area contributed by atoms with E-state index in [0.717, 1.165) is 28.5 Å². The van der Waals surface area contributed by atoms with E-state index in [-0.39, 0.29) is 42.2 Å². The SMILES string of the molecule is CC(=O)c1nn(CC(=O)N2[C@H]3CC4(COC/C=C/COCc5ccc(Br)nc5NC3=O)C[C@@H]24)c2c(C)cccc12. The number of benzene rings is 1. The Morgan fingerprint density at radius 3 is 2.75 bits per heavy atom. The number of amides is 2. The van der Waals surface area contributed by atoms with Gasteiger partial charge in [0.1, 0.15) is 28.7 Å². The number of ether oxygens (including phenoxy) is 2. The molecule has 3 aliphatic rings. The minimum atomic E-state index is -0.694. The molecule has 40 heavy (non-hydrogen) atoms. The van der Waals surface area contributed by atoms with E-state index in [1.165, 1.54) is 6.92 Å². The first-order chi connectivity index (χ1) is 19.3. The molecule has 3 atom stereocenters. The van der Waals surface area contributed by atoms with Crippen molar-refractivity contribution in [3.8, 4) is 0 Å². The molecule has 208 valence electrons. The number of nitrogens with one attached hydrogen (secondary N) is 1. The van der Waals surface area contributed by atoms with E-state index in [1.54, 1.807) is 15.6 Å². The Morgan fingerprint density at radius 2 is 1.95 bits per heavy atom. The molecule has 6 rings (SSSR count). The van der Waals surface area contributed by atoms with Gasteiger partial charge in [-0.2, -0.15) is 5.10 Å². The zero-order chi connectivity index (χ0) is 28.0. The van der Waals surface area contributed by atoms with Crippen molar-refractivity contribution in [1.29, 1.82) is 0 Å². The highest BCUT2D eigenvalue weighted by atomic mass is 79.9. The number of rotatable bonds is 3. The number of carbonyl (C=O) groups excluding carboxylic acids is 3. The molecule has 1 N–H and O–H groups in total. The molecular weight excluding hydrogens is 578 g/mol. The zero-order valence-electron chi connectivity index (χ0n) is 22.4. The summed E-state index contributed by atoms with van der Waals surface area (Å²) in [6.07, 6.45) is 5.10. The van der Waals surface area contributed by atoms with Gasteiger partial charge >= 0.3 is 0 Å². The van der Waals surface area contributed by atoms with Crippen molar-refractivity contribution in [2.45, 2.75) is 51.9 Å². The van der Waals surface area contributed by atoms with Crippen molar-refractivity contribution < 1.29 is 23.9 Å². The Morgan fingerprint density at radius 1 is 1.15 bits per heavy atom. The quantitative estimate of drug-likeness (QED) is 0.273. The summed E-state index contributed by atoms with van der Waals surface area (Å²) in [5.41, 5.74) is 2.46. The second kappa shape index (κ2) is 10.5. The molecule has 1 aliphatic carbocycles. The fourth-order valence-electron chi connectivity index (χ4n) is 6.01. The minimum Gasteiger partial charge on any atom is -0.377 e. The number of carbonyl (C=O) groups is 3. The van der Waals surface area contributed by atoms with Gasteiger partial charge in [0, 0.05) is 29.3 Å². The number of hydrogen-bond donors (Lipinski definition) is 1. The van der Waals surface area contributed by atoms with Crippen molar-refractivity contribution >= 4 is 50.2 Å². The molecular formula is C29H30BrN5O5. The van der Waals surface area contributed by atoms with Crippen molar-refractivity contribution in [1.82, 2.24) is 19.7 Å². The molecule has 11 heteroatoms. The molecule has 2 amide bonds. The van der Waals surface area contributed by atoms with E-state index in [0.29, 0.717) is 42.4 Å². The first-order valence-corrected chi connectivity index (χ1v) is 14.1. The van der Waals surface area contributed by atoms with E-state index >= 15 is 0 Å². The zero-order valence-corrected chi connectivity index (χ0v) is 23.9. The van der Waals surface area contributed by atoms with Crippen LogP contribution in [0, 0.1) is 12.3 Å². The lowest BCUT2D eigenvalue weighted by atomic mass is 10.00. The third kappa shape index (κ3) is 4.86.